The fraction of sp³-hybridized carbons (Fsp3) is 0.650. The minimum absolute atomic E-state index is 0.211. The van der Waals surface area contributed by atoms with Crippen molar-refractivity contribution in [1.29, 1.82) is 0 Å². The number of hydrogen-bond acceptors (Lipinski definition) is 3. The molecule has 0 aromatic heterocycles. The summed E-state index contributed by atoms with van der Waals surface area (Å²) in [5.74, 6) is 0.211. The van der Waals surface area contributed by atoms with Crippen molar-refractivity contribution >= 4 is 5.91 Å². The van der Waals surface area contributed by atoms with Crippen LogP contribution in [0, 0.1) is 0 Å². The molecule has 24 heavy (non-hydrogen) atoms. The summed E-state index contributed by atoms with van der Waals surface area (Å²) in [4.78, 5) is 17.5. The van der Waals surface area contributed by atoms with E-state index in [-0.39, 0.29) is 5.91 Å². The molecule has 130 valence electrons. The molecule has 1 aromatic carbocycles. The van der Waals surface area contributed by atoms with Gasteiger partial charge < -0.3 is 10.2 Å². The summed E-state index contributed by atoms with van der Waals surface area (Å²) < 4.78 is 0. The lowest BCUT2D eigenvalue weighted by atomic mass is 10.0. The van der Waals surface area contributed by atoms with E-state index in [1.165, 1.54) is 31.2 Å². The van der Waals surface area contributed by atoms with Crippen molar-refractivity contribution in [2.75, 3.05) is 19.6 Å². The topological polar surface area (TPSA) is 35.6 Å². The lowest BCUT2D eigenvalue weighted by molar-refractivity contribution is -0.123. The molecule has 1 aliphatic heterocycles. The number of carbonyl (C=O) groups excluding carboxylic acids is 1. The third-order valence-corrected chi connectivity index (χ3v) is 5.60. The second-order valence-corrected chi connectivity index (χ2v) is 7.73. The van der Waals surface area contributed by atoms with E-state index in [0.717, 1.165) is 38.5 Å². The number of nitrogens with one attached hydrogen (secondary N) is 1. The van der Waals surface area contributed by atoms with Crippen LogP contribution in [0.15, 0.2) is 30.3 Å². The summed E-state index contributed by atoms with van der Waals surface area (Å²) in [6, 6.07) is 12.4. The second-order valence-electron chi connectivity index (χ2n) is 7.73. The molecule has 0 radical (unpaired) electrons. The Morgan fingerprint density at radius 3 is 2.38 bits per heavy atom. The van der Waals surface area contributed by atoms with Crippen molar-refractivity contribution in [2.24, 2.45) is 0 Å². The molecule has 4 rings (SSSR count). The molecule has 3 aliphatic rings. The van der Waals surface area contributed by atoms with E-state index in [9.17, 15) is 4.79 Å². The van der Waals surface area contributed by atoms with E-state index >= 15 is 0 Å². The molecule has 1 saturated heterocycles. The normalized spacial score (nSPS) is 22.7. The van der Waals surface area contributed by atoms with Crippen molar-refractivity contribution in [3.8, 4) is 0 Å². The number of benzene rings is 1. The number of hydrogen-bond donors (Lipinski definition) is 1. The molecule has 1 N–H and O–H groups in total. The van der Waals surface area contributed by atoms with Crippen molar-refractivity contribution in [3.63, 3.8) is 0 Å². The first-order valence-electron chi connectivity index (χ1n) is 9.59. The Hall–Kier alpha value is -1.39. The smallest absolute Gasteiger partial charge is 0.234 e. The minimum Gasteiger partial charge on any atom is -0.352 e. The van der Waals surface area contributed by atoms with Crippen molar-refractivity contribution < 1.29 is 4.79 Å². The van der Waals surface area contributed by atoms with Gasteiger partial charge in [-0.1, -0.05) is 30.3 Å². The van der Waals surface area contributed by atoms with E-state index < -0.39 is 0 Å². The number of carbonyl (C=O) groups is 1. The Balaban J connectivity index is 1.24. The first-order chi connectivity index (χ1) is 11.8. The Bertz CT molecular complexity index is 545. The molecule has 0 spiro atoms. The van der Waals surface area contributed by atoms with Crippen LogP contribution >= 0.6 is 0 Å². The summed E-state index contributed by atoms with van der Waals surface area (Å²) in [6.07, 6.45) is 7.47. The predicted molar refractivity (Wildman–Crippen MR) is 95.6 cm³/mol. The number of piperidine rings is 1. The molecule has 0 unspecified atom stereocenters. The van der Waals surface area contributed by atoms with Crippen LogP contribution in [0.25, 0.3) is 0 Å². The summed E-state index contributed by atoms with van der Waals surface area (Å²) in [6.45, 7) is 3.75. The van der Waals surface area contributed by atoms with Gasteiger partial charge in [0.15, 0.2) is 0 Å². The standard InChI is InChI=1S/C20H29N3O/c24-20(21-17-10-12-22(13-11-17)18-6-7-18)15-23(19-8-9-19)14-16-4-2-1-3-5-16/h1-5,17-19H,6-15H2,(H,21,24). The zero-order valence-corrected chi connectivity index (χ0v) is 14.5. The highest BCUT2D eigenvalue weighted by molar-refractivity contribution is 5.78. The van der Waals surface area contributed by atoms with Gasteiger partial charge in [-0.3, -0.25) is 9.69 Å². The number of rotatable bonds is 7. The zero-order chi connectivity index (χ0) is 16.4. The van der Waals surface area contributed by atoms with Gasteiger partial charge in [0.1, 0.15) is 0 Å². The van der Waals surface area contributed by atoms with Crippen molar-refractivity contribution in [1.82, 2.24) is 15.1 Å². The summed E-state index contributed by atoms with van der Waals surface area (Å²) in [5.41, 5.74) is 1.30. The van der Waals surface area contributed by atoms with Gasteiger partial charge in [0.2, 0.25) is 5.91 Å². The van der Waals surface area contributed by atoms with Crippen molar-refractivity contribution in [3.05, 3.63) is 35.9 Å². The molecule has 3 fully saturated rings. The number of likely N-dealkylation sites (tertiary alicyclic amines) is 1. The largest absolute Gasteiger partial charge is 0.352 e. The highest BCUT2D eigenvalue weighted by Gasteiger charge is 2.33. The minimum atomic E-state index is 0.211. The Labute approximate surface area is 145 Å². The molecule has 1 heterocycles. The molecule has 4 heteroatoms. The maximum Gasteiger partial charge on any atom is 0.234 e. The molecule has 1 aromatic rings. The van der Waals surface area contributed by atoms with Crippen LogP contribution in [0.2, 0.25) is 0 Å². The lowest BCUT2D eigenvalue weighted by Gasteiger charge is -2.33. The van der Waals surface area contributed by atoms with Gasteiger partial charge in [-0.2, -0.15) is 0 Å². The summed E-state index contributed by atoms with van der Waals surface area (Å²) >= 11 is 0. The molecular weight excluding hydrogens is 298 g/mol. The monoisotopic (exact) mass is 327 g/mol. The van der Waals surface area contributed by atoms with E-state index in [1.807, 2.05) is 6.07 Å². The molecule has 4 nitrogen and oxygen atoms in total. The van der Waals surface area contributed by atoms with E-state index in [4.69, 9.17) is 0 Å². The van der Waals surface area contributed by atoms with E-state index in [1.54, 1.807) is 0 Å². The number of nitrogens with zero attached hydrogens (tertiary/aromatic N) is 2. The predicted octanol–water partition coefficient (Wildman–Crippen LogP) is 2.39. The van der Waals surface area contributed by atoms with Gasteiger partial charge in [-0.25, -0.2) is 0 Å². The Morgan fingerprint density at radius 2 is 1.75 bits per heavy atom. The molecular formula is C20H29N3O. The second kappa shape index (κ2) is 7.24. The summed E-state index contributed by atoms with van der Waals surface area (Å²) in [7, 11) is 0. The van der Waals surface area contributed by atoms with Gasteiger partial charge in [-0.15, -0.1) is 0 Å². The molecule has 0 bridgehead atoms. The molecule has 1 amide bonds. The fourth-order valence-corrected chi connectivity index (χ4v) is 3.88. The quantitative estimate of drug-likeness (QED) is 0.835. The first kappa shape index (κ1) is 16.1. The van der Waals surface area contributed by atoms with Crippen LogP contribution in [0.1, 0.15) is 44.1 Å². The van der Waals surface area contributed by atoms with Crippen molar-refractivity contribution in [2.45, 2.75) is 63.2 Å². The van der Waals surface area contributed by atoms with Gasteiger partial charge in [-0.05, 0) is 44.1 Å². The fourth-order valence-electron chi connectivity index (χ4n) is 3.88. The third kappa shape index (κ3) is 4.37. The third-order valence-electron chi connectivity index (χ3n) is 5.60. The molecule has 2 saturated carbocycles. The SMILES string of the molecule is O=C(CN(Cc1ccccc1)C1CC1)NC1CCN(C2CC2)CC1. The average molecular weight is 327 g/mol. The average Bonchev–Trinajstić information content (AvgIpc) is 3.49. The van der Waals surface area contributed by atoms with Gasteiger partial charge in [0, 0.05) is 37.8 Å². The van der Waals surface area contributed by atoms with Crippen LogP contribution in [-0.4, -0.2) is 53.5 Å². The maximum atomic E-state index is 12.5. The zero-order valence-electron chi connectivity index (χ0n) is 14.5. The summed E-state index contributed by atoms with van der Waals surface area (Å²) in [5, 5.41) is 3.29. The van der Waals surface area contributed by atoms with Crippen LogP contribution in [0.4, 0.5) is 0 Å². The number of amides is 1. The molecule has 0 atom stereocenters. The van der Waals surface area contributed by atoms with Crippen LogP contribution in [0.5, 0.6) is 0 Å². The highest BCUT2D eigenvalue weighted by atomic mass is 16.2. The Morgan fingerprint density at radius 1 is 1.04 bits per heavy atom. The van der Waals surface area contributed by atoms with Gasteiger partial charge >= 0.3 is 0 Å². The van der Waals surface area contributed by atoms with Crippen LogP contribution in [0.3, 0.4) is 0 Å². The Kier molecular flexibility index (Phi) is 4.86. The van der Waals surface area contributed by atoms with Gasteiger partial charge in [0.25, 0.3) is 0 Å². The maximum absolute atomic E-state index is 12.5. The highest BCUT2D eigenvalue weighted by Crippen LogP contribution is 2.30. The lowest BCUT2D eigenvalue weighted by Crippen LogP contribution is -2.48. The van der Waals surface area contributed by atoms with E-state index in [2.05, 4.69) is 39.4 Å². The van der Waals surface area contributed by atoms with Gasteiger partial charge in [0.05, 0.1) is 6.54 Å². The van der Waals surface area contributed by atoms with E-state index in [0.29, 0.717) is 18.6 Å². The van der Waals surface area contributed by atoms with Crippen LogP contribution in [-0.2, 0) is 11.3 Å². The van der Waals surface area contributed by atoms with Crippen LogP contribution < -0.4 is 5.32 Å². The first-order valence-corrected chi connectivity index (χ1v) is 9.59. The molecule has 2 aliphatic carbocycles.